The summed E-state index contributed by atoms with van der Waals surface area (Å²) in [6.07, 6.45) is 0. The maximum Gasteiger partial charge on any atom is 0.371 e. The van der Waals surface area contributed by atoms with Crippen LogP contribution in [-0.4, -0.2) is 17.0 Å². The minimum absolute atomic E-state index is 0.132. The molecule has 0 atom stereocenters. The molecule has 4 N–H and O–H groups in total. The van der Waals surface area contributed by atoms with Gasteiger partial charge >= 0.3 is 5.97 Å². The van der Waals surface area contributed by atoms with Gasteiger partial charge in [-0.25, -0.2) is 4.79 Å². The number of carbonyl (C=O) groups is 2. The van der Waals surface area contributed by atoms with E-state index in [9.17, 15) is 9.59 Å². The lowest BCUT2D eigenvalue weighted by molar-refractivity contribution is 0.0660. The molecule has 0 fully saturated rings. The number of carboxylic acid groups (broad SMARTS) is 1. The van der Waals surface area contributed by atoms with E-state index in [4.69, 9.17) is 15.3 Å². The van der Waals surface area contributed by atoms with Crippen molar-refractivity contribution in [1.29, 1.82) is 0 Å². The van der Waals surface area contributed by atoms with Crippen LogP contribution in [0.2, 0.25) is 0 Å². The molecule has 104 valence electrons. The van der Waals surface area contributed by atoms with Gasteiger partial charge in [-0.1, -0.05) is 15.9 Å². The van der Waals surface area contributed by atoms with Gasteiger partial charge < -0.3 is 20.6 Å². The molecule has 0 spiro atoms. The molecule has 0 aliphatic rings. The maximum atomic E-state index is 11.3. The normalized spacial score (nSPS) is 10.2. The van der Waals surface area contributed by atoms with Crippen molar-refractivity contribution in [3.05, 3.63) is 51.9 Å². The predicted molar refractivity (Wildman–Crippen MR) is 75.7 cm³/mol. The number of anilines is 1. The molecule has 0 saturated heterocycles. The molecule has 20 heavy (non-hydrogen) atoms. The first-order chi connectivity index (χ1) is 9.47. The first-order valence-electron chi connectivity index (χ1n) is 5.62. The van der Waals surface area contributed by atoms with Crippen molar-refractivity contribution in [2.75, 3.05) is 5.32 Å². The minimum Gasteiger partial charge on any atom is -0.475 e. The topological polar surface area (TPSA) is 106 Å². The number of carbonyl (C=O) groups excluding carboxylic acids is 1. The summed E-state index contributed by atoms with van der Waals surface area (Å²) in [6, 6.07) is 8.00. The lowest BCUT2D eigenvalue weighted by Gasteiger charge is -2.09. The zero-order chi connectivity index (χ0) is 14.7. The van der Waals surface area contributed by atoms with Gasteiger partial charge in [-0.15, -0.1) is 0 Å². The minimum atomic E-state index is -1.13. The molecule has 0 aliphatic heterocycles. The number of benzene rings is 1. The Kier molecular flexibility index (Phi) is 4.09. The van der Waals surface area contributed by atoms with Crippen molar-refractivity contribution < 1.29 is 19.1 Å². The Balaban J connectivity index is 2.14. The number of halogens is 1. The van der Waals surface area contributed by atoms with Gasteiger partial charge in [0, 0.05) is 10.2 Å². The summed E-state index contributed by atoms with van der Waals surface area (Å²) in [4.78, 5) is 22.0. The number of aromatic carboxylic acids is 1. The molecule has 0 saturated carbocycles. The molecule has 1 aromatic carbocycles. The molecule has 2 rings (SSSR count). The first kappa shape index (κ1) is 14.1. The van der Waals surface area contributed by atoms with Gasteiger partial charge in [0.05, 0.1) is 12.1 Å². The van der Waals surface area contributed by atoms with Gasteiger partial charge in [0.1, 0.15) is 5.76 Å². The third kappa shape index (κ3) is 3.18. The van der Waals surface area contributed by atoms with Crippen LogP contribution in [0.15, 0.2) is 39.2 Å². The average Bonchev–Trinajstić information content (AvgIpc) is 2.86. The van der Waals surface area contributed by atoms with Crippen molar-refractivity contribution in [2.24, 2.45) is 5.73 Å². The number of nitrogens with two attached hydrogens (primary N) is 1. The summed E-state index contributed by atoms with van der Waals surface area (Å²) in [5.74, 6) is -1.37. The third-order valence-electron chi connectivity index (χ3n) is 2.57. The van der Waals surface area contributed by atoms with Gasteiger partial charge in [0.2, 0.25) is 5.76 Å². The van der Waals surface area contributed by atoms with E-state index < -0.39 is 11.9 Å². The molecule has 1 heterocycles. The number of carboxylic acids is 1. The van der Waals surface area contributed by atoms with Crippen molar-refractivity contribution in [3.63, 3.8) is 0 Å². The largest absolute Gasteiger partial charge is 0.475 e. The van der Waals surface area contributed by atoms with Crippen LogP contribution in [0.1, 0.15) is 26.7 Å². The number of primary amides is 1. The second-order valence-electron chi connectivity index (χ2n) is 3.98. The Morgan fingerprint density at radius 2 is 2.05 bits per heavy atom. The summed E-state index contributed by atoms with van der Waals surface area (Å²) < 4.78 is 5.84. The fraction of sp³-hybridized carbons (Fsp3) is 0.0769. The summed E-state index contributed by atoms with van der Waals surface area (Å²) in [5, 5.41) is 11.7. The van der Waals surface area contributed by atoms with E-state index >= 15 is 0 Å². The van der Waals surface area contributed by atoms with E-state index in [0.717, 1.165) is 4.47 Å². The van der Waals surface area contributed by atoms with E-state index in [1.165, 1.54) is 6.07 Å². The second kappa shape index (κ2) is 5.79. The lowest BCUT2D eigenvalue weighted by Crippen LogP contribution is -2.14. The highest BCUT2D eigenvalue weighted by Gasteiger charge is 2.11. The fourth-order valence-electron chi connectivity index (χ4n) is 1.64. The Bertz CT molecular complexity index is 666. The fourth-order valence-corrected chi connectivity index (χ4v) is 2.01. The van der Waals surface area contributed by atoms with Crippen molar-refractivity contribution >= 4 is 33.5 Å². The molecule has 2 aromatic rings. The molecule has 1 aromatic heterocycles. The van der Waals surface area contributed by atoms with Crippen LogP contribution >= 0.6 is 15.9 Å². The zero-order valence-electron chi connectivity index (χ0n) is 10.2. The highest BCUT2D eigenvalue weighted by Crippen LogP contribution is 2.21. The molecule has 0 bridgehead atoms. The first-order valence-corrected chi connectivity index (χ1v) is 6.42. The van der Waals surface area contributed by atoms with Crippen LogP contribution in [0.5, 0.6) is 0 Å². The number of hydrogen-bond donors (Lipinski definition) is 3. The van der Waals surface area contributed by atoms with Crippen molar-refractivity contribution in [3.8, 4) is 0 Å². The average molecular weight is 339 g/mol. The van der Waals surface area contributed by atoms with Crippen LogP contribution in [-0.2, 0) is 6.54 Å². The number of nitrogens with one attached hydrogen (secondary N) is 1. The van der Waals surface area contributed by atoms with Gasteiger partial charge in [0.15, 0.2) is 0 Å². The smallest absolute Gasteiger partial charge is 0.371 e. The maximum absolute atomic E-state index is 11.3. The highest BCUT2D eigenvalue weighted by atomic mass is 79.9. The van der Waals surface area contributed by atoms with Crippen LogP contribution < -0.4 is 11.1 Å². The van der Waals surface area contributed by atoms with Crippen LogP contribution in [0.4, 0.5) is 5.69 Å². The van der Waals surface area contributed by atoms with E-state index in [-0.39, 0.29) is 12.3 Å². The summed E-state index contributed by atoms with van der Waals surface area (Å²) in [6.45, 7) is 0.245. The van der Waals surface area contributed by atoms with Gasteiger partial charge in [-0.3, -0.25) is 4.79 Å². The molecule has 1 amide bonds. The van der Waals surface area contributed by atoms with Crippen LogP contribution in [0, 0.1) is 0 Å². The Morgan fingerprint density at radius 1 is 1.30 bits per heavy atom. The monoisotopic (exact) mass is 338 g/mol. The zero-order valence-corrected chi connectivity index (χ0v) is 11.8. The van der Waals surface area contributed by atoms with Crippen molar-refractivity contribution in [2.45, 2.75) is 6.54 Å². The van der Waals surface area contributed by atoms with E-state index in [2.05, 4.69) is 21.2 Å². The Hall–Kier alpha value is -2.28. The van der Waals surface area contributed by atoms with Crippen molar-refractivity contribution in [1.82, 2.24) is 0 Å². The quantitative estimate of drug-likeness (QED) is 0.776. The molecule has 0 aliphatic carbocycles. The highest BCUT2D eigenvalue weighted by molar-refractivity contribution is 9.10. The standard InChI is InChI=1S/C13H11BrN2O4/c14-7-1-3-10(9(5-7)12(15)17)16-6-8-2-4-11(20-8)13(18)19/h1-5,16H,6H2,(H2,15,17)(H,18,19). The van der Waals surface area contributed by atoms with Gasteiger partial charge in [-0.05, 0) is 30.3 Å². The van der Waals surface area contributed by atoms with E-state index in [0.29, 0.717) is 17.0 Å². The number of hydrogen-bond acceptors (Lipinski definition) is 4. The number of amides is 1. The summed E-state index contributed by atoms with van der Waals surface area (Å²) in [5.41, 5.74) is 6.18. The molecule has 6 nitrogen and oxygen atoms in total. The lowest BCUT2D eigenvalue weighted by atomic mass is 10.1. The van der Waals surface area contributed by atoms with Crippen LogP contribution in [0.3, 0.4) is 0 Å². The van der Waals surface area contributed by atoms with Gasteiger partial charge in [0.25, 0.3) is 5.91 Å². The number of furan rings is 1. The molecule has 7 heteroatoms. The van der Waals surface area contributed by atoms with E-state index in [1.54, 1.807) is 24.3 Å². The molecular weight excluding hydrogens is 328 g/mol. The summed E-state index contributed by atoms with van der Waals surface area (Å²) >= 11 is 3.26. The third-order valence-corrected chi connectivity index (χ3v) is 3.07. The Morgan fingerprint density at radius 3 is 2.65 bits per heavy atom. The molecular formula is C13H11BrN2O4. The SMILES string of the molecule is NC(=O)c1cc(Br)ccc1NCc1ccc(C(=O)O)o1. The van der Waals surface area contributed by atoms with E-state index in [1.807, 2.05) is 0 Å². The predicted octanol–water partition coefficient (Wildman–Crippen LogP) is 2.45. The second-order valence-corrected chi connectivity index (χ2v) is 4.89. The summed E-state index contributed by atoms with van der Waals surface area (Å²) in [7, 11) is 0. The number of rotatable bonds is 5. The Labute approximate surface area is 122 Å². The van der Waals surface area contributed by atoms with Gasteiger partial charge in [-0.2, -0.15) is 0 Å². The van der Waals surface area contributed by atoms with Crippen LogP contribution in [0.25, 0.3) is 0 Å². The molecule has 0 radical (unpaired) electrons. The molecule has 0 unspecified atom stereocenters.